The van der Waals surface area contributed by atoms with E-state index in [9.17, 15) is 18.3 Å². The summed E-state index contributed by atoms with van der Waals surface area (Å²) in [5.41, 5.74) is -1.25. The van der Waals surface area contributed by atoms with Gasteiger partial charge in [0.2, 0.25) is 0 Å². The average molecular weight is 347 g/mol. The highest BCUT2D eigenvalue weighted by Crippen LogP contribution is 2.37. The minimum Gasteiger partial charge on any atom is -0.466 e. The van der Waals surface area contributed by atoms with Crippen LogP contribution in [0.4, 0.5) is 13.2 Å². The molecule has 0 spiro atoms. The van der Waals surface area contributed by atoms with Crippen molar-refractivity contribution in [3.05, 3.63) is 24.2 Å². The van der Waals surface area contributed by atoms with Crippen LogP contribution in [0.5, 0.6) is 0 Å². The molecule has 3 unspecified atom stereocenters. The number of rotatable bonds is 4. The molecule has 3 atom stereocenters. The maximum Gasteiger partial charge on any atom is 0.391 e. The van der Waals surface area contributed by atoms with Crippen molar-refractivity contribution in [2.24, 2.45) is 10.9 Å². The van der Waals surface area contributed by atoms with Gasteiger partial charge in [0.05, 0.1) is 18.7 Å². The molecule has 1 fully saturated rings. The molecule has 0 saturated heterocycles. The van der Waals surface area contributed by atoms with Gasteiger partial charge in [-0.15, -0.1) is 0 Å². The maximum atomic E-state index is 12.9. The van der Waals surface area contributed by atoms with Gasteiger partial charge in [-0.25, -0.2) is 0 Å². The summed E-state index contributed by atoms with van der Waals surface area (Å²) in [4.78, 5) is 4.03. The topological polar surface area (TPSA) is 69.8 Å². The lowest BCUT2D eigenvalue weighted by Gasteiger charge is -2.32. The van der Waals surface area contributed by atoms with Gasteiger partial charge in [-0.3, -0.25) is 4.99 Å². The first kappa shape index (κ1) is 18.6. The Morgan fingerprint density at radius 3 is 2.75 bits per heavy atom. The van der Waals surface area contributed by atoms with Crippen LogP contribution in [0.15, 0.2) is 27.8 Å². The van der Waals surface area contributed by atoms with Gasteiger partial charge in [-0.2, -0.15) is 13.2 Å². The number of nitrogens with one attached hydrogen (secondary N) is 2. The molecule has 1 saturated carbocycles. The molecule has 1 aromatic rings. The predicted octanol–water partition coefficient (Wildman–Crippen LogP) is 2.77. The van der Waals surface area contributed by atoms with Crippen LogP contribution in [-0.2, 0) is 5.60 Å². The lowest BCUT2D eigenvalue weighted by Crippen LogP contribution is -2.49. The second-order valence-electron chi connectivity index (χ2n) is 6.42. The number of guanidine groups is 1. The Morgan fingerprint density at radius 1 is 1.42 bits per heavy atom. The zero-order chi connectivity index (χ0) is 17.8. The van der Waals surface area contributed by atoms with Crippen LogP contribution in [0.3, 0.4) is 0 Å². The van der Waals surface area contributed by atoms with E-state index < -0.39 is 17.7 Å². The molecule has 1 heterocycles. The Kier molecular flexibility index (Phi) is 5.79. The molecule has 1 aliphatic carbocycles. The second-order valence-corrected chi connectivity index (χ2v) is 6.42. The Morgan fingerprint density at radius 2 is 2.17 bits per heavy atom. The minimum atomic E-state index is -4.15. The number of halogens is 3. The minimum absolute atomic E-state index is 0.0405. The van der Waals surface area contributed by atoms with Crippen molar-refractivity contribution >= 4 is 5.96 Å². The summed E-state index contributed by atoms with van der Waals surface area (Å²) in [7, 11) is 1.54. The number of aliphatic hydroxyl groups is 1. The van der Waals surface area contributed by atoms with Gasteiger partial charge in [0.1, 0.15) is 11.4 Å². The fourth-order valence-electron chi connectivity index (χ4n) is 2.93. The number of hydrogen-bond acceptors (Lipinski definition) is 3. The zero-order valence-corrected chi connectivity index (χ0v) is 13.9. The number of nitrogens with zero attached hydrogens (tertiary/aromatic N) is 1. The monoisotopic (exact) mass is 347 g/mol. The molecule has 0 aliphatic heterocycles. The number of alkyl halides is 3. The quantitative estimate of drug-likeness (QED) is 0.579. The fourth-order valence-corrected chi connectivity index (χ4v) is 2.93. The molecule has 5 nitrogen and oxygen atoms in total. The van der Waals surface area contributed by atoms with Gasteiger partial charge in [0.25, 0.3) is 0 Å². The van der Waals surface area contributed by atoms with Crippen LogP contribution in [0.1, 0.15) is 38.4 Å². The Labute approximate surface area is 139 Å². The zero-order valence-electron chi connectivity index (χ0n) is 13.9. The van der Waals surface area contributed by atoms with Crippen molar-refractivity contribution in [2.75, 3.05) is 13.6 Å². The summed E-state index contributed by atoms with van der Waals surface area (Å²) >= 11 is 0. The van der Waals surface area contributed by atoms with Gasteiger partial charge in [-0.1, -0.05) is 6.42 Å². The van der Waals surface area contributed by atoms with E-state index >= 15 is 0 Å². The molecule has 8 heteroatoms. The number of hydrogen-bond donors (Lipinski definition) is 3. The third kappa shape index (κ3) is 4.90. The predicted molar refractivity (Wildman–Crippen MR) is 84.6 cm³/mol. The van der Waals surface area contributed by atoms with E-state index in [1.807, 2.05) is 0 Å². The van der Waals surface area contributed by atoms with Gasteiger partial charge in [-0.05, 0) is 38.3 Å². The smallest absolute Gasteiger partial charge is 0.391 e. The summed E-state index contributed by atoms with van der Waals surface area (Å²) in [5, 5.41) is 16.4. The van der Waals surface area contributed by atoms with Crippen LogP contribution >= 0.6 is 0 Å². The Hall–Kier alpha value is -1.70. The van der Waals surface area contributed by atoms with Crippen molar-refractivity contribution in [2.45, 2.75) is 50.4 Å². The molecule has 1 aliphatic rings. The van der Waals surface area contributed by atoms with Gasteiger partial charge >= 0.3 is 6.18 Å². The number of furan rings is 1. The van der Waals surface area contributed by atoms with Gasteiger partial charge < -0.3 is 20.2 Å². The SMILES string of the molecule is CN=C(NCC(C)(O)c1ccco1)NC1CCCC(C(F)(F)F)C1. The first-order valence-corrected chi connectivity index (χ1v) is 8.02. The van der Waals surface area contributed by atoms with Crippen molar-refractivity contribution in [3.63, 3.8) is 0 Å². The van der Waals surface area contributed by atoms with Crippen molar-refractivity contribution in [3.8, 4) is 0 Å². The lowest BCUT2D eigenvalue weighted by atomic mass is 9.85. The van der Waals surface area contributed by atoms with Crippen molar-refractivity contribution < 1.29 is 22.7 Å². The maximum absolute atomic E-state index is 12.9. The number of aliphatic imine (C=N–C) groups is 1. The highest BCUT2D eigenvalue weighted by molar-refractivity contribution is 5.80. The molecule has 0 radical (unpaired) electrons. The van der Waals surface area contributed by atoms with Gasteiger partial charge in [0, 0.05) is 13.1 Å². The molecule has 2 rings (SSSR count). The van der Waals surface area contributed by atoms with E-state index in [-0.39, 0.29) is 25.4 Å². The van der Waals surface area contributed by atoms with Crippen LogP contribution in [-0.4, -0.2) is 36.9 Å². The summed E-state index contributed by atoms with van der Waals surface area (Å²) in [5.74, 6) is -0.497. The standard InChI is InChI=1S/C16H24F3N3O2/c1-15(23,13-7-4-8-24-13)10-21-14(20-2)22-12-6-3-5-11(9-12)16(17,18)19/h4,7-8,11-12,23H,3,5-6,9-10H2,1-2H3,(H2,20,21,22). The fraction of sp³-hybridized carbons (Fsp3) is 0.688. The van der Waals surface area contributed by atoms with E-state index in [1.165, 1.54) is 6.26 Å². The van der Waals surface area contributed by atoms with Crippen LogP contribution < -0.4 is 10.6 Å². The first-order valence-electron chi connectivity index (χ1n) is 8.02. The van der Waals surface area contributed by atoms with Crippen LogP contribution in [0.25, 0.3) is 0 Å². The van der Waals surface area contributed by atoms with E-state index in [2.05, 4.69) is 15.6 Å². The summed E-state index contributed by atoms with van der Waals surface area (Å²) in [6.45, 7) is 1.71. The first-order chi connectivity index (χ1) is 11.2. The molecule has 0 aromatic carbocycles. The van der Waals surface area contributed by atoms with E-state index in [4.69, 9.17) is 4.42 Å². The Balaban J connectivity index is 1.88. The average Bonchev–Trinajstić information content (AvgIpc) is 3.06. The molecule has 0 amide bonds. The summed E-state index contributed by atoms with van der Waals surface area (Å²) in [6.07, 6.45) is -1.26. The van der Waals surface area contributed by atoms with Gasteiger partial charge in [0.15, 0.2) is 5.96 Å². The van der Waals surface area contributed by atoms with E-state index in [0.29, 0.717) is 24.6 Å². The van der Waals surface area contributed by atoms with Crippen LogP contribution in [0, 0.1) is 5.92 Å². The van der Waals surface area contributed by atoms with E-state index in [0.717, 1.165) is 0 Å². The summed E-state index contributed by atoms with van der Waals surface area (Å²) in [6, 6.07) is 3.05. The van der Waals surface area contributed by atoms with Crippen LogP contribution in [0.2, 0.25) is 0 Å². The molecular weight excluding hydrogens is 323 g/mol. The molecule has 0 bridgehead atoms. The highest BCUT2D eigenvalue weighted by atomic mass is 19.4. The largest absolute Gasteiger partial charge is 0.466 e. The lowest BCUT2D eigenvalue weighted by molar-refractivity contribution is -0.183. The van der Waals surface area contributed by atoms with Crippen molar-refractivity contribution in [1.29, 1.82) is 0 Å². The third-order valence-electron chi connectivity index (χ3n) is 4.35. The molecule has 136 valence electrons. The summed E-state index contributed by atoms with van der Waals surface area (Å²) < 4.78 is 43.8. The third-order valence-corrected chi connectivity index (χ3v) is 4.35. The normalized spacial score (nSPS) is 25.2. The second kappa shape index (κ2) is 7.46. The molecular formula is C16H24F3N3O2. The molecule has 24 heavy (non-hydrogen) atoms. The molecule has 1 aromatic heterocycles. The Bertz CT molecular complexity index is 541. The highest BCUT2D eigenvalue weighted by Gasteiger charge is 2.42. The van der Waals surface area contributed by atoms with E-state index in [1.54, 1.807) is 26.1 Å². The molecule has 3 N–H and O–H groups in total. The van der Waals surface area contributed by atoms with Crippen molar-refractivity contribution in [1.82, 2.24) is 10.6 Å².